The summed E-state index contributed by atoms with van der Waals surface area (Å²) in [6.45, 7) is 5.61. The van der Waals surface area contributed by atoms with Crippen molar-refractivity contribution in [3.05, 3.63) is 100 Å². The van der Waals surface area contributed by atoms with Crippen LogP contribution in [0.4, 0.5) is 24.5 Å². The molecule has 0 spiro atoms. The summed E-state index contributed by atoms with van der Waals surface area (Å²) < 4.78 is 39.6. The van der Waals surface area contributed by atoms with E-state index in [1.807, 2.05) is 39.0 Å². The van der Waals surface area contributed by atoms with E-state index in [1.165, 1.54) is 12.1 Å². The Balaban J connectivity index is 1.83. The molecule has 0 fully saturated rings. The van der Waals surface area contributed by atoms with Gasteiger partial charge in [0.1, 0.15) is 5.70 Å². The number of nitrogens with zero attached hydrogens (tertiary/aromatic N) is 1. The maximum absolute atomic E-state index is 13.5. The summed E-state index contributed by atoms with van der Waals surface area (Å²) in [6, 6.07) is 17.0. The number of aryl methyl sites for hydroxylation is 3. The second-order valence-electron chi connectivity index (χ2n) is 8.11. The van der Waals surface area contributed by atoms with Crippen LogP contribution in [0.15, 0.2) is 72.4 Å². The zero-order valence-corrected chi connectivity index (χ0v) is 18.2. The van der Waals surface area contributed by atoms with Crippen molar-refractivity contribution in [1.29, 1.82) is 0 Å². The van der Waals surface area contributed by atoms with Crippen LogP contribution in [0.25, 0.3) is 5.57 Å². The average Bonchev–Trinajstić information content (AvgIpc) is 2.97. The van der Waals surface area contributed by atoms with Crippen LogP contribution in [-0.4, -0.2) is 11.8 Å². The fraction of sp³-hybridized carbons (Fsp3) is 0.154. The first-order chi connectivity index (χ1) is 15.5. The molecule has 4 nitrogen and oxygen atoms in total. The highest BCUT2D eigenvalue weighted by Gasteiger charge is 2.40. The number of carbonyl (C=O) groups excluding carboxylic acids is 2. The topological polar surface area (TPSA) is 49.4 Å². The average molecular weight is 450 g/mol. The largest absolute Gasteiger partial charge is 0.416 e. The molecule has 33 heavy (non-hydrogen) atoms. The molecule has 0 saturated carbocycles. The maximum Gasteiger partial charge on any atom is 0.416 e. The van der Waals surface area contributed by atoms with Gasteiger partial charge in [-0.25, -0.2) is 4.90 Å². The zero-order chi connectivity index (χ0) is 23.9. The highest BCUT2D eigenvalue weighted by Crippen LogP contribution is 2.36. The first-order valence-corrected chi connectivity index (χ1v) is 10.3. The van der Waals surface area contributed by atoms with Gasteiger partial charge in [-0.1, -0.05) is 42.0 Å². The van der Waals surface area contributed by atoms with Crippen molar-refractivity contribution < 1.29 is 22.8 Å². The normalized spacial score (nSPS) is 14.3. The molecule has 1 aliphatic heterocycles. The van der Waals surface area contributed by atoms with Gasteiger partial charge in [-0.2, -0.15) is 13.2 Å². The van der Waals surface area contributed by atoms with E-state index in [9.17, 15) is 22.8 Å². The van der Waals surface area contributed by atoms with E-state index < -0.39 is 23.6 Å². The first-order valence-electron chi connectivity index (χ1n) is 10.3. The molecular weight excluding hydrogens is 429 g/mol. The van der Waals surface area contributed by atoms with Gasteiger partial charge in [0.25, 0.3) is 11.8 Å². The number of benzene rings is 3. The summed E-state index contributed by atoms with van der Waals surface area (Å²) in [6.07, 6.45) is -4.54. The molecule has 0 unspecified atom stereocenters. The summed E-state index contributed by atoms with van der Waals surface area (Å²) >= 11 is 0. The predicted octanol–water partition coefficient (Wildman–Crippen LogP) is 6.03. The number of rotatable bonds is 4. The minimum atomic E-state index is -4.54. The van der Waals surface area contributed by atoms with Crippen molar-refractivity contribution in [3.8, 4) is 0 Å². The molecule has 4 rings (SSSR count). The lowest BCUT2D eigenvalue weighted by Gasteiger charge is -2.17. The van der Waals surface area contributed by atoms with Crippen molar-refractivity contribution in [2.75, 3.05) is 10.2 Å². The Morgan fingerprint density at radius 3 is 2.00 bits per heavy atom. The van der Waals surface area contributed by atoms with Crippen LogP contribution in [0.5, 0.6) is 0 Å². The zero-order valence-electron chi connectivity index (χ0n) is 18.2. The van der Waals surface area contributed by atoms with E-state index in [0.717, 1.165) is 33.7 Å². The molecule has 0 saturated heterocycles. The lowest BCUT2D eigenvalue weighted by Crippen LogP contribution is -2.32. The summed E-state index contributed by atoms with van der Waals surface area (Å²) in [4.78, 5) is 28.0. The fourth-order valence-corrected chi connectivity index (χ4v) is 3.87. The molecule has 1 aliphatic rings. The molecule has 0 aromatic heterocycles. The minimum absolute atomic E-state index is 0.0628. The van der Waals surface area contributed by atoms with Crippen molar-refractivity contribution >= 4 is 28.8 Å². The quantitative estimate of drug-likeness (QED) is 0.494. The molecule has 0 atom stereocenters. The molecule has 3 aromatic rings. The van der Waals surface area contributed by atoms with Crippen LogP contribution >= 0.6 is 0 Å². The highest BCUT2D eigenvalue weighted by molar-refractivity contribution is 6.46. The number of halogens is 3. The van der Waals surface area contributed by atoms with Gasteiger partial charge in [0, 0.05) is 5.69 Å². The van der Waals surface area contributed by atoms with E-state index in [2.05, 4.69) is 5.32 Å². The second-order valence-corrected chi connectivity index (χ2v) is 8.11. The second kappa shape index (κ2) is 8.24. The van der Waals surface area contributed by atoms with E-state index in [-0.39, 0.29) is 17.0 Å². The summed E-state index contributed by atoms with van der Waals surface area (Å²) in [7, 11) is 0. The van der Waals surface area contributed by atoms with Crippen LogP contribution in [0, 0.1) is 20.8 Å². The predicted molar refractivity (Wildman–Crippen MR) is 122 cm³/mol. The van der Waals surface area contributed by atoms with Crippen molar-refractivity contribution in [2.45, 2.75) is 26.9 Å². The third-order valence-electron chi connectivity index (χ3n) is 5.35. The Bertz CT molecular complexity index is 1270. The SMILES string of the molecule is Cc1ccc(C2=C(Nc3cccc(C(F)(F)F)c3)C(=O)N(c3cc(C)cc(C)c3)C2=O)cc1. The Morgan fingerprint density at radius 2 is 1.39 bits per heavy atom. The number of hydrogen-bond acceptors (Lipinski definition) is 3. The number of alkyl halides is 3. The molecule has 1 N–H and O–H groups in total. The maximum atomic E-state index is 13.5. The molecule has 7 heteroatoms. The lowest BCUT2D eigenvalue weighted by atomic mass is 10.0. The smallest absolute Gasteiger partial charge is 0.350 e. The van der Waals surface area contributed by atoms with Crippen molar-refractivity contribution in [3.63, 3.8) is 0 Å². The van der Waals surface area contributed by atoms with Gasteiger partial charge in [0.05, 0.1) is 16.8 Å². The highest BCUT2D eigenvalue weighted by atomic mass is 19.4. The van der Waals surface area contributed by atoms with E-state index >= 15 is 0 Å². The molecule has 0 aliphatic carbocycles. The monoisotopic (exact) mass is 450 g/mol. The summed E-state index contributed by atoms with van der Waals surface area (Å²) in [5, 5.41) is 2.79. The molecular formula is C26H21F3N2O2. The van der Waals surface area contributed by atoms with Gasteiger partial charge in [0.2, 0.25) is 0 Å². The van der Waals surface area contributed by atoms with Crippen LogP contribution in [0.3, 0.4) is 0 Å². The summed E-state index contributed by atoms with van der Waals surface area (Å²) in [5.41, 5.74) is 2.88. The number of carbonyl (C=O) groups is 2. The Labute approximate surface area is 189 Å². The van der Waals surface area contributed by atoms with Crippen LogP contribution in [0.2, 0.25) is 0 Å². The molecule has 3 aromatic carbocycles. The van der Waals surface area contributed by atoms with Crippen LogP contribution in [-0.2, 0) is 15.8 Å². The third-order valence-corrected chi connectivity index (χ3v) is 5.35. The molecule has 0 radical (unpaired) electrons. The number of nitrogens with one attached hydrogen (secondary N) is 1. The van der Waals surface area contributed by atoms with Crippen molar-refractivity contribution in [1.82, 2.24) is 0 Å². The first kappa shape index (κ1) is 22.3. The number of amides is 2. The Kier molecular flexibility index (Phi) is 5.57. The van der Waals surface area contributed by atoms with E-state index in [4.69, 9.17) is 0 Å². The van der Waals surface area contributed by atoms with Crippen molar-refractivity contribution in [2.24, 2.45) is 0 Å². The number of anilines is 2. The van der Waals surface area contributed by atoms with Crippen LogP contribution in [0.1, 0.15) is 27.8 Å². The molecule has 0 bridgehead atoms. The fourth-order valence-electron chi connectivity index (χ4n) is 3.87. The van der Waals surface area contributed by atoms with Crippen LogP contribution < -0.4 is 10.2 Å². The third kappa shape index (κ3) is 4.39. The lowest BCUT2D eigenvalue weighted by molar-refractivity contribution is -0.137. The summed E-state index contributed by atoms with van der Waals surface area (Å²) in [5.74, 6) is -1.17. The van der Waals surface area contributed by atoms with Gasteiger partial charge in [-0.15, -0.1) is 0 Å². The molecule has 2 amide bonds. The number of imide groups is 1. The Hall–Kier alpha value is -3.87. The van der Waals surface area contributed by atoms with Gasteiger partial charge in [0.15, 0.2) is 0 Å². The standard InChI is InChI=1S/C26H21F3N2O2/c1-15-7-9-18(10-8-15)22-23(30-20-6-4-5-19(14-20)26(27,28)29)25(33)31(24(22)32)21-12-16(2)11-17(3)13-21/h4-14,30H,1-3H3. The van der Waals surface area contributed by atoms with E-state index in [0.29, 0.717) is 11.3 Å². The Morgan fingerprint density at radius 1 is 0.758 bits per heavy atom. The minimum Gasteiger partial charge on any atom is -0.350 e. The van der Waals surface area contributed by atoms with Gasteiger partial charge in [-0.3, -0.25) is 9.59 Å². The number of hydrogen-bond donors (Lipinski definition) is 1. The van der Waals surface area contributed by atoms with E-state index in [1.54, 1.807) is 24.3 Å². The molecule has 168 valence electrons. The van der Waals surface area contributed by atoms with Gasteiger partial charge in [-0.05, 0) is 67.8 Å². The van der Waals surface area contributed by atoms with Gasteiger partial charge < -0.3 is 5.32 Å². The molecule has 1 heterocycles. The van der Waals surface area contributed by atoms with Gasteiger partial charge >= 0.3 is 6.18 Å².